The van der Waals surface area contributed by atoms with Crippen LogP contribution in [0.4, 0.5) is 16.0 Å². The molecule has 24 heavy (non-hydrogen) atoms. The average molecular weight is 322 g/mol. The molecule has 0 bridgehead atoms. The van der Waals surface area contributed by atoms with Gasteiger partial charge in [-0.05, 0) is 23.6 Å². The van der Waals surface area contributed by atoms with Gasteiger partial charge in [0.25, 0.3) is 0 Å². The number of aromatic nitrogens is 2. The van der Waals surface area contributed by atoms with Crippen molar-refractivity contribution in [3.8, 4) is 0 Å². The van der Waals surface area contributed by atoms with E-state index >= 15 is 0 Å². The summed E-state index contributed by atoms with van der Waals surface area (Å²) >= 11 is 0. The van der Waals surface area contributed by atoms with E-state index < -0.39 is 0 Å². The molecule has 122 valence electrons. The number of anilines is 2. The minimum atomic E-state index is -0.174. The summed E-state index contributed by atoms with van der Waals surface area (Å²) in [6.45, 7) is 1.31. The second kappa shape index (κ2) is 8.06. The number of hydrogen-bond donors (Lipinski definition) is 2. The highest BCUT2D eigenvalue weighted by atomic mass is 19.1. The van der Waals surface area contributed by atoms with E-state index in [9.17, 15) is 4.39 Å². The van der Waals surface area contributed by atoms with Gasteiger partial charge >= 0.3 is 0 Å². The zero-order chi connectivity index (χ0) is 16.6. The van der Waals surface area contributed by atoms with Crippen molar-refractivity contribution < 1.29 is 4.39 Å². The molecule has 0 unspecified atom stereocenters. The molecule has 3 aromatic rings. The number of benzene rings is 2. The number of rotatable bonds is 7. The quantitative estimate of drug-likeness (QED) is 0.693. The Morgan fingerprint density at radius 1 is 0.833 bits per heavy atom. The fourth-order valence-corrected chi connectivity index (χ4v) is 2.37. The first-order chi connectivity index (χ1) is 11.8. The lowest BCUT2D eigenvalue weighted by atomic mass is 10.1. The van der Waals surface area contributed by atoms with Crippen molar-refractivity contribution in [2.45, 2.75) is 13.0 Å². The van der Waals surface area contributed by atoms with Crippen LogP contribution in [0.5, 0.6) is 0 Å². The van der Waals surface area contributed by atoms with Crippen LogP contribution in [0.25, 0.3) is 0 Å². The summed E-state index contributed by atoms with van der Waals surface area (Å²) in [6, 6.07) is 18.8. The van der Waals surface area contributed by atoms with Crippen molar-refractivity contribution in [1.29, 1.82) is 0 Å². The van der Waals surface area contributed by atoms with Gasteiger partial charge in [0.15, 0.2) is 0 Å². The maximum Gasteiger partial charge on any atom is 0.131 e. The van der Waals surface area contributed by atoms with Gasteiger partial charge in [-0.25, -0.2) is 14.4 Å². The molecule has 0 fully saturated rings. The van der Waals surface area contributed by atoms with Gasteiger partial charge in [0.2, 0.25) is 0 Å². The second-order valence-corrected chi connectivity index (χ2v) is 5.40. The third kappa shape index (κ3) is 4.52. The van der Waals surface area contributed by atoms with Gasteiger partial charge in [0.1, 0.15) is 23.8 Å². The molecule has 0 saturated carbocycles. The summed E-state index contributed by atoms with van der Waals surface area (Å²) in [5, 5.41) is 6.47. The van der Waals surface area contributed by atoms with Crippen LogP contribution in [0, 0.1) is 5.82 Å². The van der Waals surface area contributed by atoms with E-state index in [0.717, 1.165) is 11.6 Å². The molecule has 2 aromatic carbocycles. The van der Waals surface area contributed by atoms with E-state index in [1.165, 1.54) is 18.0 Å². The highest BCUT2D eigenvalue weighted by molar-refractivity contribution is 5.46. The fourth-order valence-electron chi connectivity index (χ4n) is 2.37. The predicted octanol–water partition coefficient (Wildman–Crippen LogP) is 3.88. The van der Waals surface area contributed by atoms with Crippen LogP contribution in [0.1, 0.15) is 11.1 Å². The lowest BCUT2D eigenvalue weighted by molar-refractivity contribution is 0.610. The minimum absolute atomic E-state index is 0.174. The average Bonchev–Trinajstić information content (AvgIpc) is 2.63. The molecule has 0 aliphatic heterocycles. The van der Waals surface area contributed by atoms with Gasteiger partial charge in [-0.2, -0.15) is 0 Å². The third-order valence-electron chi connectivity index (χ3n) is 3.64. The Balaban J connectivity index is 1.52. The zero-order valence-electron chi connectivity index (χ0n) is 13.2. The topological polar surface area (TPSA) is 49.8 Å². The Hall–Kier alpha value is -2.95. The van der Waals surface area contributed by atoms with E-state index in [2.05, 4.69) is 32.7 Å². The lowest BCUT2D eigenvalue weighted by Gasteiger charge is -2.09. The van der Waals surface area contributed by atoms with Crippen molar-refractivity contribution in [2.24, 2.45) is 0 Å². The van der Waals surface area contributed by atoms with Crippen LogP contribution in [-0.2, 0) is 13.0 Å². The third-order valence-corrected chi connectivity index (χ3v) is 3.64. The van der Waals surface area contributed by atoms with Crippen molar-refractivity contribution in [3.63, 3.8) is 0 Å². The minimum Gasteiger partial charge on any atom is -0.370 e. The maximum atomic E-state index is 13.6. The van der Waals surface area contributed by atoms with E-state index in [-0.39, 0.29) is 5.82 Å². The summed E-state index contributed by atoms with van der Waals surface area (Å²) in [7, 11) is 0. The van der Waals surface area contributed by atoms with Crippen molar-refractivity contribution in [3.05, 3.63) is 83.9 Å². The predicted molar refractivity (Wildman–Crippen MR) is 94.4 cm³/mol. The molecule has 1 heterocycles. The molecule has 3 rings (SSSR count). The molecule has 0 radical (unpaired) electrons. The molecule has 0 aliphatic rings. The number of nitrogens with zero attached hydrogens (tertiary/aromatic N) is 2. The monoisotopic (exact) mass is 322 g/mol. The molecule has 4 nitrogen and oxygen atoms in total. The highest BCUT2D eigenvalue weighted by Crippen LogP contribution is 2.11. The summed E-state index contributed by atoms with van der Waals surface area (Å²) in [6.07, 6.45) is 2.11. The van der Waals surface area contributed by atoms with Gasteiger partial charge in [0.05, 0.1) is 0 Å². The fraction of sp³-hybridized carbons (Fsp3) is 0.158. The van der Waals surface area contributed by atoms with Crippen molar-refractivity contribution in [2.75, 3.05) is 17.2 Å². The Morgan fingerprint density at radius 2 is 1.54 bits per heavy atom. The van der Waals surface area contributed by atoms with Crippen LogP contribution in [0.15, 0.2) is 67.0 Å². The molecule has 0 spiro atoms. The van der Waals surface area contributed by atoms with E-state index in [1.54, 1.807) is 12.1 Å². The van der Waals surface area contributed by atoms with Gasteiger partial charge in [-0.3, -0.25) is 0 Å². The van der Waals surface area contributed by atoms with Gasteiger partial charge in [0, 0.05) is 19.2 Å². The SMILES string of the molecule is Fc1ccccc1CCNc1cc(NCc2ccccc2)ncn1. The molecule has 0 saturated heterocycles. The van der Waals surface area contributed by atoms with E-state index in [1.807, 2.05) is 30.3 Å². The van der Waals surface area contributed by atoms with E-state index in [0.29, 0.717) is 25.1 Å². The molecule has 0 amide bonds. The molecule has 5 heteroatoms. The van der Waals surface area contributed by atoms with Gasteiger partial charge < -0.3 is 10.6 Å². The van der Waals surface area contributed by atoms with Crippen molar-refractivity contribution in [1.82, 2.24) is 9.97 Å². The van der Waals surface area contributed by atoms with Gasteiger partial charge in [-0.15, -0.1) is 0 Å². The molecular formula is C19H19FN4. The Kier molecular flexibility index (Phi) is 5.35. The number of nitrogens with one attached hydrogen (secondary N) is 2. The largest absolute Gasteiger partial charge is 0.370 e. The zero-order valence-corrected chi connectivity index (χ0v) is 13.2. The van der Waals surface area contributed by atoms with Crippen LogP contribution in [-0.4, -0.2) is 16.5 Å². The standard InChI is InChI=1S/C19H19FN4/c20-17-9-5-4-8-16(17)10-11-21-18-12-19(24-14-23-18)22-13-15-6-2-1-3-7-15/h1-9,12,14H,10-11,13H2,(H2,21,22,23,24). The molecule has 0 aliphatic carbocycles. The summed E-state index contributed by atoms with van der Waals surface area (Å²) in [5.41, 5.74) is 1.88. The molecule has 1 aromatic heterocycles. The molecule has 2 N–H and O–H groups in total. The lowest BCUT2D eigenvalue weighted by Crippen LogP contribution is -2.08. The number of halogens is 1. The highest BCUT2D eigenvalue weighted by Gasteiger charge is 2.02. The Labute approximate surface area is 140 Å². The smallest absolute Gasteiger partial charge is 0.131 e. The first-order valence-corrected chi connectivity index (χ1v) is 7.88. The second-order valence-electron chi connectivity index (χ2n) is 5.40. The van der Waals surface area contributed by atoms with Crippen LogP contribution < -0.4 is 10.6 Å². The van der Waals surface area contributed by atoms with Gasteiger partial charge in [-0.1, -0.05) is 48.5 Å². The first-order valence-electron chi connectivity index (χ1n) is 7.88. The van der Waals surface area contributed by atoms with Crippen LogP contribution in [0.3, 0.4) is 0 Å². The maximum absolute atomic E-state index is 13.6. The first kappa shape index (κ1) is 15.9. The molecule has 0 atom stereocenters. The summed E-state index contributed by atoms with van der Waals surface area (Å²) < 4.78 is 13.6. The summed E-state index contributed by atoms with van der Waals surface area (Å²) in [5.74, 6) is 1.30. The van der Waals surface area contributed by atoms with E-state index in [4.69, 9.17) is 0 Å². The summed E-state index contributed by atoms with van der Waals surface area (Å²) in [4.78, 5) is 8.40. The Bertz CT molecular complexity index is 777. The van der Waals surface area contributed by atoms with Crippen LogP contribution in [0.2, 0.25) is 0 Å². The molecular weight excluding hydrogens is 303 g/mol. The Morgan fingerprint density at radius 3 is 2.33 bits per heavy atom. The number of hydrogen-bond acceptors (Lipinski definition) is 4. The van der Waals surface area contributed by atoms with Crippen molar-refractivity contribution >= 4 is 11.6 Å². The normalized spacial score (nSPS) is 10.4. The van der Waals surface area contributed by atoms with Crippen LogP contribution >= 0.6 is 0 Å².